The van der Waals surface area contributed by atoms with Crippen LogP contribution >= 0.6 is 0 Å². The summed E-state index contributed by atoms with van der Waals surface area (Å²) in [5.74, 6) is -10.7. The van der Waals surface area contributed by atoms with Crippen molar-refractivity contribution in [2.45, 2.75) is 113 Å². The fourth-order valence-electron chi connectivity index (χ4n) is 5.68. The number of carbonyl (C=O) groups excluding carboxylic acids is 4. The Bertz CT molecular complexity index is 1230. The van der Waals surface area contributed by atoms with Crippen LogP contribution in [0.25, 0.3) is 0 Å². The molecule has 3 unspecified atom stereocenters. The molecule has 2 saturated heterocycles. The second-order valence-electron chi connectivity index (χ2n) is 11.5. The molecule has 2 fully saturated rings. The first kappa shape index (κ1) is 39.1. The van der Waals surface area contributed by atoms with Gasteiger partial charge in [0, 0.05) is 26.2 Å². The maximum absolute atomic E-state index is 14.3. The topological polar surface area (TPSA) is 365 Å². The number of amides is 4. The van der Waals surface area contributed by atoms with Crippen LogP contribution in [-0.4, -0.2) is 169 Å². The maximum atomic E-state index is 14.3. The second kappa shape index (κ2) is 17.3. The van der Waals surface area contributed by atoms with Crippen LogP contribution in [0.15, 0.2) is 0 Å². The van der Waals surface area contributed by atoms with Gasteiger partial charge in [0.1, 0.15) is 48.7 Å². The van der Waals surface area contributed by atoms with Gasteiger partial charge in [-0.1, -0.05) is 0 Å². The zero-order chi connectivity index (χ0) is 37.7. The molecule has 14 atom stereocenters. The quantitative estimate of drug-likeness (QED) is 0.0757. The molecule has 274 valence electrons. The fraction of sp³-hybridized carbons (Fsp3) is 0.778. The van der Waals surface area contributed by atoms with Crippen molar-refractivity contribution in [3.63, 3.8) is 0 Å². The molecule has 0 aromatic carbocycles. The number of aliphatic hydroxyl groups is 5. The van der Waals surface area contributed by atoms with Gasteiger partial charge < -0.3 is 72.5 Å². The summed E-state index contributed by atoms with van der Waals surface area (Å²) in [6, 6.07) is -8.91. The standard InChI is InChI=1S/C27H45N5O16/c1-8(27(44)45)46-24-17(29)23(48-13(7-34)20(24)40)15(22-16(28)21(41)19(39)12(6-33)47-22)18(32(9(2)35)10(3)36)26(43)31-11(25(30)42)4-5-14(37)38/h8,11-13,15-24,33-34,39-41H,4-7,28-29H2,1-3H3,(H2,30,42)(H,31,43)(H,37,38)(H,44,45)/t8-,11+,12-,13-,15?,16-,17+,18+,19-,20-,21-,22?,23?,24-/m1/s1/i18D. The molecule has 21 heteroatoms. The lowest BCUT2D eigenvalue weighted by Crippen LogP contribution is -2.74. The molecule has 2 aliphatic rings. The number of aliphatic hydroxyl groups excluding tert-OH is 5. The number of nitrogens with one attached hydrogen (secondary N) is 1. The number of rotatable bonds is 15. The Hall–Kier alpha value is -3.38. The zero-order valence-electron chi connectivity index (χ0n) is 27.3. The number of hydrogen-bond acceptors (Lipinski definition) is 16. The molecule has 0 aliphatic carbocycles. The summed E-state index contributed by atoms with van der Waals surface area (Å²) in [6.07, 6.45) is -17.9. The van der Waals surface area contributed by atoms with Crippen molar-refractivity contribution in [1.29, 1.82) is 0 Å². The van der Waals surface area contributed by atoms with Crippen molar-refractivity contribution < 1.29 is 80.1 Å². The molecule has 4 amide bonds. The average Bonchev–Trinajstić information content (AvgIpc) is 3.01. The zero-order valence-corrected chi connectivity index (χ0v) is 26.3. The lowest BCUT2D eigenvalue weighted by Gasteiger charge is -2.52. The van der Waals surface area contributed by atoms with Gasteiger partial charge in [-0.2, -0.15) is 0 Å². The van der Waals surface area contributed by atoms with E-state index in [-0.39, 0.29) is 4.90 Å². The minimum atomic E-state index is -3.42. The third-order valence-electron chi connectivity index (χ3n) is 8.14. The fourth-order valence-corrected chi connectivity index (χ4v) is 5.68. The summed E-state index contributed by atoms with van der Waals surface area (Å²) < 4.78 is 26.8. The Labute approximate surface area is 275 Å². The number of carbonyl (C=O) groups is 6. The molecule has 0 aromatic rings. The molecular formula is C27H45N5O16. The van der Waals surface area contributed by atoms with E-state index >= 15 is 0 Å². The summed E-state index contributed by atoms with van der Waals surface area (Å²) in [6.45, 7) is 0.590. The molecule has 48 heavy (non-hydrogen) atoms. The third kappa shape index (κ3) is 9.19. The Balaban J connectivity index is 2.98. The summed E-state index contributed by atoms with van der Waals surface area (Å²) in [4.78, 5) is 75.7. The first-order valence-corrected chi connectivity index (χ1v) is 14.8. The van der Waals surface area contributed by atoms with Gasteiger partial charge in [0.05, 0.1) is 38.9 Å². The lowest BCUT2D eigenvalue weighted by molar-refractivity contribution is -0.256. The van der Waals surface area contributed by atoms with Crippen LogP contribution in [-0.2, 0) is 43.0 Å². The summed E-state index contributed by atoms with van der Waals surface area (Å²) in [5.41, 5.74) is 18.1. The van der Waals surface area contributed by atoms with Crippen LogP contribution in [0.1, 0.15) is 35.0 Å². The molecule has 2 aliphatic heterocycles. The number of nitrogens with two attached hydrogens (primary N) is 3. The summed E-state index contributed by atoms with van der Waals surface area (Å²) >= 11 is 0. The largest absolute Gasteiger partial charge is 0.481 e. The highest BCUT2D eigenvalue weighted by Crippen LogP contribution is 2.37. The number of aliphatic carboxylic acids is 2. The Morgan fingerprint density at radius 2 is 1.40 bits per heavy atom. The molecule has 2 heterocycles. The highest BCUT2D eigenvalue weighted by atomic mass is 16.6. The van der Waals surface area contributed by atoms with E-state index in [4.69, 9.17) is 36.5 Å². The van der Waals surface area contributed by atoms with Crippen molar-refractivity contribution >= 4 is 35.6 Å². The van der Waals surface area contributed by atoms with E-state index in [1.807, 2.05) is 0 Å². The second-order valence-corrected chi connectivity index (χ2v) is 11.5. The number of carboxylic acids is 2. The van der Waals surface area contributed by atoms with Gasteiger partial charge in [-0.25, -0.2) is 4.79 Å². The van der Waals surface area contributed by atoms with E-state index in [1.165, 1.54) is 0 Å². The van der Waals surface area contributed by atoms with Crippen LogP contribution in [0, 0.1) is 5.92 Å². The van der Waals surface area contributed by atoms with E-state index in [9.17, 15) is 60.8 Å². The molecular weight excluding hydrogens is 650 g/mol. The van der Waals surface area contributed by atoms with Crippen molar-refractivity contribution in [3.05, 3.63) is 0 Å². The van der Waals surface area contributed by atoms with E-state index in [1.54, 1.807) is 0 Å². The molecule has 0 radical (unpaired) electrons. The lowest BCUT2D eigenvalue weighted by atomic mass is 9.74. The van der Waals surface area contributed by atoms with Crippen molar-refractivity contribution in [1.82, 2.24) is 10.2 Å². The molecule has 0 saturated carbocycles. The third-order valence-corrected chi connectivity index (χ3v) is 8.14. The molecule has 0 spiro atoms. The predicted molar refractivity (Wildman–Crippen MR) is 156 cm³/mol. The highest BCUT2D eigenvalue weighted by Gasteiger charge is 2.58. The first-order chi connectivity index (χ1) is 22.7. The van der Waals surface area contributed by atoms with Gasteiger partial charge >= 0.3 is 11.9 Å². The van der Waals surface area contributed by atoms with Crippen LogP contribution in [0.3, 0.4) is 0 Å². The first-order valence-electron chi connectivity index (χ1n) is 15.3. The van der Waals surface area contributed by atoms with Gasteiger partial charge in [-0.3, -0.25) is 28.9 Å². The van der Waals surface area contributed by atoms with E-state index in [0.717, 1.165) is 20.8 Å². The smallest absolute Gasteiger partial charge is 0.332 e. The van der Waals surface area contributed by atoms with Crippen LogP contribution in [0.2, 0.25) is 0 Å². The van der Waals surface area contributed by atoms with Crippen molar-refractivity contribution in [2.24, 2.45) is 23.1 Å². The van der Waals surface area contributed by atoms with E-state index < -0.39 is 147 Å². The van der Waals surface area contributed by atoms with Gasteiger partial charge in [-0.15, -0.1) is 0 Å². The predicted octanol–water partition coefficient (Wildman–Crippen LogP) is -6.68. The van der Waals surface area contributed by atoms with Crippen LogP contribution < -0.4 is 22.5 Å². The molecule has 2 rings (SSSR count). The minimum absolute atomic E-state index is 0.0779. The van der Waals surface area contributed by atoms with Gasteiger partial charge in [0.15, 0.2) is 6.10 Å². The highest BCUT2D eigenvalue weighted by molar-refractivity contribution is 6.00. The number of imide groups is 1. The molecule has 21 nitrogen and oxygen atoms in total. The molecule has 0 aromatic heterocycles. The Kier molecular flexibility index (Phi) is 14.1. The summed E-state index contributed by atoms with van der Waals surface area (Å²) in [5, 5.41) is 73.0. The molecule has 0 bridgehead atoms. The maximum Gasteiger partial charge on any atom is 0.332 e. The van der Waals surface area contributed by atoms with Crippen molar-refractivity contribution in [2.75, 3.05) is 13.2 Å². The van der Waals surface area contributed by atoms with E-state index in [0.29, 0.717) is 0 Å². The average molecular weight is 697 g/mol. The number of ether oxygens (including phenoxy) is 3. The SMILES string of the molecule is [2H][C@@](C(=O)N[C@@H](CCC(=O)O)C(N)=O)(C(C1O[C@H](CO)[C@@H](O)[C@H](O)[C@H]1N)C1O[C@H](CO)[C@@H](O)[C@H](O[C@H](C)C(=O)O)[C@H]1N)N(C(C)=O)C(C)=O. The molecule has 14 N–H and O–H groups in total. The van der Waals surface area contributed by atoms with Crippen LogP contribution in [0.5, 0.6) is 0 Å². The van der Waals surface area contributed by atoms with Crippen LogP contribution in [0.4, 0.5) is 0 Å². The normalized spacial score (nSPS) is 34.0. The minimum Gasteiger partial charge on any atom is -0.481 e. The monoisotopic (exact) mass is 696 g/mol. The van der Waals surface area contributed by atoms with Gasteiger partial charge in [0.25, 0.3) is 0 Å². The Morgan fingerprint density at radius 3 is 1.83 bits per heavy atom. The number of nitrogens with zero attached hydrogens (tertiary/aromatic N) is 1. The Morgan fingerprint density at radius 1 is 0.896 bits per heavy atom. The van der Waals surface area contributed by atoms with Gasteiger partial charge in [0.2, 0.25) is 23.6 Å². The summed E-state index contributed by atoms with van der Waals surface area (Å²) in [7, 11) is 0. The number of primary amides is 1. The number of carboxylic acid groups (broad SMARTS) is 2. The van der Waals surface area contributed by atoms with Crippen molar-refractivity contribution in [3.8, 4) is 0 Å². The number of hydrogen-bond donors (Lipinski definition) is 11. The van der Waals surface area contributed by atoms with E-state index in [2.05, 4.69) is 5.32 Å². The van der Waals surface area contributed by atoms with Gasteiger partial charge in [-0.05, 0) is 13.3 Å².